The summed E-state index contributed by atoms with van der Waals surface area (Å²) in [6.07, 6.45) is -5.08. The van der Waals surface area contributed by atoms with Crippen LogP contribution in [-0.4, -0.2) is 261 Å². The van der Waals surface area contributed by atoms with Gasteiger partial charge in [0.15, 0.2) is 12.3 Å². The Bertz CT molecular complexity index is 3680. The summed E-state index contributed by atoms with van der Waals surface area (Å²) in [6.45, 7) is 18.6. The summed E-state index contributed by atoms with van der Waals surface area (Å²) < 4.78 is 11.5. The molecule has 4 saturated heterocycles. The summed E-state index contributed by atoms with van der Waals surface area (Å²) >= 11 is 0. The van der Waals surface area contributed by atoms with E-state index < -0.39 is 229 Å². The Labute approximate surface area is 660 Å². The van der Waals surface area contributed by atoms with Crippen molar-refractivity contribution in [3.8, 4) is 0 Å². The summed E-state index contributed by atoms with van der Waals surface area (Å²) in [6, 6.07) is -5.47. The standard InChI is InChI=1S/C76H112N14O20S2/c1-14-39(4)32-49-65(97)87-61-45(10)110-76(108)52(36-91)83-72(104)62(46(11)109-13)88(12)75(107)60-44(9)90(56(69(101)86-60)33-40(5)15-2)73(105)43(8)78-70(102)59(41(6)16-3)85-67(99)54(84-68(100)55-28-23-31-89(55)74(106)51(82-71(61)103)35-48-26-21-18-22-27-48)38-112-111-37-53(79-57(92)29-30-58(93)94)66(98)81-50(34-47-24-19-17-20-25-47)64(96)77-42(7)63(95)80-49/h17-22,24-27,39-42,44-46,49-56,58-62,91,93-94H,8,14-16,23,28-38H2,1-7,9-13H3,(H,77,96)(H,78,102)(H,79,92)(H,80,95)(H,81,98)(H,82,103)(H,83,104)(H,84,100)(H,85,99)(H,86,101)(H,87,97)/t39-,40+,41-,42+,44?,45+,46+,49-,50+,51+,52-,53-,54+,55-,56-,59-,60?,61+,62-/m0/s1. The van der Waals surface area contributed by atoms with Crippen molar-refractivity contribution in [3.05, 3.63) is 84.1 Å². The van der Waals surface area contributed by atoms with E-state index >= 15 is 33.6 Å². The molecule has 0 spiro atoms. The number of aliphatic hydroxyl groups is 3. The number of methoxy groups -OCH3 is 1. The zero-order chi connectivity index (χ0) is 83.0. The van der Waals surface area contributed by atoms with E-state index in [1.807, 2.05) is 13.8 Å². The van der Waals surface area contributed by atoms with Crippen LogP contribution >= 0.6 is 21.6 Å². The van der Waals surface area contributed by atoms with Crippen molar-refractivity contribution >= 4 is 110 Å². The molecule has 19 atom stereocenters. The lowest BCUT2D eigenvalue weighted by molar-refractivity contribution is -0.159. The van der Waals surface area contributed by atoms with Gasteiger partial charge in [-0.05, 0) is 82.3 Å². The molecule has 0 saturated carbocycles. The van der Waals surface area contributed by atoms with Crippen LogP contribution in [0.15, 0.2) is 72.9 Å². The van der Waals surface area contributed by atoms with E-state index in [2.05, 4.69) is 65.1 Å². The summed E-state index contributed by atoms with van der Waals surface area (Å²) in [5.74, 6) is -17.0. The van der Waals surface area contributed by atoms with E-state index in [0.29, 0.717) is 24.0 Å². The third kappa shape index (κ3) is 25.4. The van der Waals surface area contributed by atoms with Gasteiger partial charge in [-0.25, -0.2) is 4.79 Å². The average molecular weight is 1610 g/mol. The topological polar surface area (TPSA) is 477 Å². The second-order valence-corrected chi connectivity index (χ2v) is 31.8. The molecule has 4 aliphatic heterocycles. The van der Waals surface area contributed by atoms with E-state index in [0.717, 1.165) is 31.4 Å². The number of fused-ring (bicyclic) bond motifs is 8. The Hall–Kier alpha value is -9.23. The highest BCUT2D eigenvalue weighted by Crippen LogP contribution is 2.29. The number of carbonyl (C=O) groups excluding carboxylic acids is 15. The highest BCUT2D eigenvalue weighted by Gasteiger charge is 2.50. The number of cyclic esters (lactones) is 1. The molecular formula is C76H112N14O20S2. The molecule has 4 aliphatic rings. The Morgan fingerprint density at radius 3 is 1.79 bits per heavy atom. The van der Waals surface area contributed by atoms with E-state index in [1.54, 1.807) is 88.4 Å². The van der Waals surface area contributed by atoms with Crippen molar-refractivity contribution in [3.63, 3.8) is 0 Å². The second-order valence-electron chi connectivity index (χ2n) is 29.3. The molecule has 0 aromatic heterocycles. The molecule has 4 bridgehead atoms. The number of nitrogens with zero attached hydrogens (tertiary/aromatic N) is 3. The second kappa shape index (κ2) is 43.7. The number of aliphatic hydroxyl groups excluding tert-OH is 2. The van der Waals surface area contributed by atoms with Gasteiger partial charge < -0.3 is 98.0 Å². The molecule has 6 rings (SSSR count). The van der Waals surface area contributed by atoms with E-state index in [9.17, 15) is 53.7 Å². The lowest BCUT2D eigenvalue weighted by atomic mass is 9.91. The van der Waals surface area contributed by atoms with Crippen molar-refractivity contribution in [2.45, 2.75) is 243 Å². The van der Waals surface area contributed by atoms with Crippen LogP contribution in [0.3, 0.4) is 0 Å². The number of rotatable bonds is 19. The Morgan fingerprint density at radius 2 is 1.20 bits per heavy atom. The number of hydrogen-bond donors (Lipinski definition) is 14. The number of nitrogens with one attached hydrogen (secondary N) is 11. The number of amides is 14. The average Bonchev–Trinajstić information content (AvgIpc) is 0.865. The number of carbonyl (C=O) groups is 15. The third-order valence-electron chi connectivity index (χ3n) is 20.8. The lowest BCUT2D eigenvalue weighted by Crippen LogP contribution is -2.71. The van der Waals surface area contributed by atoms with Crippen molar-refractivity contribution in [1.29, 1.82) is 0 Å². The third-order valence-corrected chi connectivity index (χ3v) is 23.3. The largest absolute Gasteiger partial charge is 0.458 e. The predicted octanol–water partition coefficient (Wildman–Crippen LogP) is -1.24. The maximum absolute atomic E-state index is 15.5. The smallest absolute Gasteiger partial charge is 0.331 e. The molecule has 4 heterocycles. The quantitative estimate of drug-likeness (QED) is 0.0339. The predicted molar refractivity (Wildman–Crippen MR) is 413 cm³/mol. The molecule has 618 valence electrons. The highest BCUT2D eigenvalue weighted by molar-refractivity contribution is 8.76. The lowest BCUT2D eigenvalue weighted by Gasteiger charge is -2.46. The fourth-order valence-corrected chi connectivity index (χ4v) is 15.6. The van der Waals surface area contributed by atoms with Gasteiger partial charge in [-0.1, -0.05) is 150 Å². The van der Waals surface area contributed by atoms with Gasteiger partial charge in [0.25, 0.3) is 5.91 Å². The number of benzene rings is 2. The first-order valence-corrected chi connectivity index (χ1v) is 40.5. The van der Waals surface area contributed by atoms with Crippen molar-refractivity contribution in [2.24, 2.45) is 17.8 Å². The first-order valence-electron chi connectivity index (χ1n) is 38.0. The molecule has 4 fully saturated rings. The molecule has 14 amide bonds. The molecule has 36 heteroatoms. The maximum Gasteiger partial charge on any atom is 0.331 e. The van der Waals surface area contributed by atoms with Gasteiger partial charge in [-0.3, -0.25) is 67.1 Å². The molecule has 34 nitrogen and oxygen atoms in total. The van der Waals surface area contributed by atoms with E-state index in [-0.39, 0.29) is 69.1 Å². The molecule has 0 aliphatic carbocycles. The molecule has 2 aromatic rings. The zero-order valence-electron chi connectivity index (χ0n) is 65.6. The Kier molecular flexibility index (Phi) is 35.8. The molecule has 2 aromatic carbocycles. The van der Waals surface area contributed by atoms with Crippen LogP contribution in [0.2, 0.25) is 0 Å². The first-order chi connectivity index (χ1) is 53.1. The van der Waals surface area contributed by atoms with Gasteiger partial charge in [0.2, 0.25) is 76.8 Å². The number of esters is 1. The first kappa shape index (κ1) is 91.6. The van der Waals surface area contributed by atoms with Gasteiger partial charge in [-0.2, -0.15) is 0 Å². The van der Waals surface area contributed by atoms with Crippen LogP contribution in [0.1, 0.15) is 138 Å². The maximum atomic E-state index is 15.5. The minimum atomic E-state index is -2.04. The van der Waals surface area contributed by atoms with Crippen LogP contribution in [0.25, 0.3) is 0 Å². The van der Waals surface area contributed by atoms with Crippen LogP contribution in [0.4, 0.5) is 0 Å². The van der Waals surface area contributed by atoms with Crippen LogP contribution in [-0.2, 0) is 94.2 Å². The van der Waals surface area contributed by atoms with Gasteiger partial charge in [-0.15, -0.1) is 0 Å². The minimum Gasteiger partial charge on any atom is -0.458 e. The molecule has 112 heavy (non-hydrogen) atoms. The van der Waals surface area contributed by atoms with Crippen LogP contribution < -0.4 is 58.5 Å². The van der Waals surface area contributed by atoms with Gasteiger partial charge in [0, 0.05) is 57.9 Å². The van der Waals surface area contributed by atoms with E-state index in [1.165, 1.54) is 46.8 Å². The number of likely N-dealkylation sites (N-methyl/N-ethyl adjacent to an activating group) is 1. The van der Waals surface area contributed by atoms with Crippen LogP contribution in [0, 0.1) is 17.8 Å². The summed E-state index contributed by atoms with van der Waals surface area (Å²) in [5, 5.41) is 59.4. The summed E-state index contributed by atoms with van der Waals surface area (Å²) in [7, 11) is 4.22. The highest BCUT2D eigenvalue weighted by atomic mass is 33.1. The normalized spacial score (nSPS) is 28.6. The number of piperazine rings is 1. The Balaban J connectivity index is 1.60. The summed E-state index contributed by atoms with van der Waals surface area (Å²) in [5.41, 5.74) is 0.414. The van der Waals surface area contributed by atoms with Gasteiger partial charge in [0.05, 0.1) is 24.4 Å². The summed E-state index contributed by atoms with van der Waals surface area (Å²) in [4.78, 5) is 227. The molecular weight excluding hydrogens is 1490 g/mol. The molecule has 14 N–H and O–H groups in total. The molecule has 2 unspecified atom stereocenters. The zero-order valence-corrected chi connectivity index (χ0v) is 67.2. The van der Waals surface area contributed by atoms with E-state index in [4.69, 9.17) is 9.47 Å². The number of hydrogen-bond acceptors (Lipinski definition) is 22. The van der Waals surface area contributed by atoms with Crippen molar-refractivity contribution < 1.29 is 96.7 Å². The van der Waals surface area contributed by atoms with Gasteiger partial charge >= 0.3 is 5.97 Å². The number of ether oxygens (including phenoxy) is 2. The van der Waals surface area contributed by atoms with Gasteiger partial charge in [0.1, 0.15) is 78.6 Å². The monoisotopic (exact) mass is 1600 g/mol. The fourth-order valence-electron chi connectivity index (χ4n) is 13.3. The SMILES string of the molecule is C=C1NC(=O)[C@H]([C@@H](C)CC)NC(=O)[C@H]2CSSC[C@H](NC(=O)CCC(O)O)C(=O)N[C@H](Cc3ccccc3)C(=O)N[C@H](C)C(=O)N[C@@H](C[C@@H](C)CC)C(=O)N[C@@H](C(=O)N[C@H](Cc3ccccc3)C(=O)N3CCC[C@H]3C(=O)N2)[C@@H](C)OC(=O)[C@H](CO)NC(=O)[C@H]([C@@H](C)OC)N(C)C(=O)C2NC(=O)[C@H](C[C@H](C)CC)N(C1=O)C2C. The van der Waals surface area contributed by atoms with Crippen molar-refractivity contribution in [1.82, 2.24) is 73.2 Å². The van der Waals surface area contributed by atoms with Crippen molar-refractivity contribution in [2.75, 3.05) is 38.8 Å². The Morgan fingerprint density at radius 1 is 0.625 bits per heavy atom. The minimum absolute atomic E-state index is 0.0110. The van der Waals surface area contributed by atoms with Crippen LogP contribution in [0.5, 0.6) is 0 Å². The molecule has 0 radical (unpaired) electrons. The fraction of sp³-hybridized carbons (Fsp3) is 0.618.